The van der Waals surface area contributed by atoms with Gasteiger partial charge in [0, 0.05) is 20.1 Å². The van der Waals surface area contributed by atoms with Crippen LogP contribution in [0.25, 0.3) is 0 Å². The second-order valence-corrected chi connectivity index (χ2v) is 3.62. The van der Waals surface area contributed by atoms with Gasteiger partial charge in [-0.15, -0.1) is 0 Å². The first-order chi connectivity index (χ1) is 7.09. The molecule has 1 aromatic rings. The van der Waals surface area contributed by atoms with Crippen molar-refractivity contribution < 1.29 is 10.0 Å². The molecule has 1 fully saturated rings. The lowest BCUT2D eigenvalue weighted by atomic mass is 10.3. The fourth-order valence-corrected chi connectivity index (χ4v) is 1.85. The Hall–Kier alpha value is -1.63. The Bertz CT molecular complexity index is 389. The summed E-state index contributed by atoms with van der Waals surface area (Å²) in [4.78, 5) is 12.1. The maximum atomic E-state index is 10.7. The number of β-amino-alcohol motifs (C(OH)–C–C–N with tert-alkyl or cyclic N) is 1. The Kier molecular flexibility index (Phi) is 2.31. The minimum absolute atomic E-state index is 0.00778. The number of rotatable bonds is 2. The molecule has 1 aliphatic heterocycles. The molecular weight excluding hydrogens is 200 g/mol. The van der Waals surface area contributed by atoms with Gasteiger partial charge in [0.05, 0.1) is 11.0 Å². The molecule has 82 valence electrons. The highest BCUT2D eigenvalue weighted by atomic mass is 16.6. The predicted octanol–water partition coefficient (Wildman–Crippen LogP) is -0.101. The molecule has 0 radical (unpaired) electrons. The summed E-state index contributed by atoms with van der Waals surface area (Å²) in [6, 6.07) is 0. The molecule has 7 heteroatoms. The van der Waals surface area contributed by atoms with Crippen molar-refractivity contribution in [3.05, 3.63) is 16.3 Å². The van der Waals surface area contributed by atoms with Gasteiger partial charge in [0.2, 0.25) is 5.82 Å². The monoisotopic (exact) mass is 212 g/mol. The zero-order valence-electron chi connectivity index (χ0n) is 8.33. The number of aromatic nitrogens is 2. The number of hydrogen-bond acceptors (Lipinski definition) is 5. The van der Waals surface area contributed by atoms with Gasteiger partial charge in [0.25, 0.3) is 0 Å². The Balaban J connectivity index is 2.34. The molecule has 0 aromatic carbocycles. The summed E-state index contributed by atoms with van der Waals surface area (Å²) in [6.45, 7) is 1.06. The zero-order valence-corrected chi connectivity index (χ0v) is 8.33. The number of nitrogens with zero attached hydrogens (tertiary/aromatic N) is 4. The number of aliphatic hydroxyl groups is 1. The standard InChI is InChI=1S/C8H12N4O3/c1-10-8(7(4-9-10)12(14)15)11-3-2-6(13)5-11/h4,6,13H,2-3,5H2,1H3/t6-/m0/s1. The second kappa shape index (κ2) is 3.50. The molecule has 0 saturated carbocycles. The van der Waals surface area contributed by atoms with Crippen LogP contribution in [0.5, 0.6) is 0 Å². The summed E-state index contributed by atoms with van der Waals surface area (Å²) in [7, 11) is 1.66. The maximum absolute atomic E-state index is 10.7. The number of nitro groups is 1. The van der Waals surface area contributed by atoms with Gasteiger partial charge in [0.15, 0.2) is 0 Å². The third kappa shape index (κ3) is 1.65. The van der Waals surface area contributed by atoms with Crippen LogP contribution in [0.15, 0.2) is 6.20 Å². The van der Waals surface area contributed by atoms with Crippen LogP contribution in [0.3, 0.4) is 0 Å². The molecule has 1 aromatic heterocycles. The van der Waals surface area contributed by atoms with Crippen LogP contribution >= 0.6 is 0 Å². The molecule has 1 saturated heterocycles. The zero-order chi connectivity index (χ0) is 11.0. The molecule has 0 amide bonds. The maximum Gasteiger partial charge on any atom is 0.331 e. The van der Waals surface area contributed by atoms with E-state index in [1.54, 1.807) is 11.9 Å². The fourth-order valence-electron chi connectivity index (χ4n) is 1.85. The topological polar surface area (TPSA) is 84.4 Å². The number of aryl methyl sites for hydroxylation is 1. The van der Waals surface area contributed by atoms with Gasteiger partial charge in [-0.3, -0.25) is 10.1 Å². The number of anilines is 1. The van der Waals surface area contributed by atoms with Crippen molar-refractivity contribution in [2.24, 2.45) is 7.05 Å². The van der Waals surface area contributed by atoms with Crippen LogP contribution in [-0.2, 0) is 7.05 Å². The number of hydrogen-bond donors (Lipinski definition) is 1. The van der Waals surface area contributed by atoms with E-state index in [1.165, 1.54) is 10.9 Å². The molecule has 0 unspecified atom stereocenters. The van der Waals surface area contributed by atoms with E-state index in [9.17, 15) is 15.2 Å². The van der Waals surface area contributed by atoms with Gasteiger partial charge < -0.3 is 10.0 Å². The van der Waals surface area contributed by atoms with Crippen molar-refractivity contribution in [3.63, 3.8) is 0 Å². The first-order valence-corrected chi connectivity index (χ1v) is 4.69. The minimum Gasteiger partial charge on any atom is -0.391 e. The molecule has 0 spiro atoms. The first kappa shape index (κ1) is 9.91. The molecular formula is C8H12N4O3. The Morgan fingerprint density at radius 3 is 3.00 bits per heavy atom. The van der Waals surface area contributed by atoms with Crippen molar-refractivity contribution in [2.45, 2.75) is 12.5 Å². The number of aliphatic hydroxyl groups excluding tert-OH is 1. The van der Waals surface area contributed by atoms with Gasteiger partial charge >= 0.3 is 5.69 Å². The average Bonchev–Trinajstić information content (AvgIpc) is 2.71. The smallest absolute Gasteiger partial charge is 0.331 e. The third-order valence-corrected chi connectivity index (χ3v) is 2.55. The molecule has 1 aliphatic rings. The van der Waals surface area contributed by atoms with E-state index in [0.29, 0.717) is 25.3 Å². The Labute approximate surface area is 86.1 Å². The SMILES string of the molecule is Cn1ncc([N+](=O)[O-])c1N1CC[C@H](O)C1. The van der Waals surface area contributed by atoms with Crippen LogP contribution < -0.4 is 4.90 Å². The van der Waals surface area contributed by atoms with E-state index in [0.717, 1.165) is 0 Å². The van der Waals surface area contributed by atoms with Crippen molar-refractivity contribution in [3.8, 4) is 0 Å². The Morgan fingerprint density at radius 2 is 2.47 bits per heavy atom. The van der Waals surface area contributed by atoms with Gasteiger partial charge in [-0.05, 0) is 6.42 Å². The van der Waals surface area contributed by atoms with E-state index in [-0.39, 0.29) is 5.69 Å². The molecule has 1 atom stereocenters. The lowest BCUT2D eigenvalue weighted by Gasteiger charge is -2.16. The van der Waals surface area contributed by atoms with Gasteiger partial charge in [0.1, 0.15) is 6.20 Å². The highest BCUT2D eigenvalue weighted by Crippen LogP contribution is 2.29. The molecule has 2 heterocycles. The second-order valence-electron chi connectivity index (χ2n) is 3.62. The predicted molar refractivity (Wildman–Crippen MR) is 52.7 cm³/mol. The molecule has 1 N–H and O–H groups in total. The van der Waals surface area contributed by atoms with E-state index in [4.69, 9.17) is 0 Å². The van der Waals surface area contributed by atoms with Crippen LogP contribution in [-0.4, -0.2) is 39.0 Å². The lowest BCUT2D eigenvalue weighted by Crippen LogP contribution is -2.24. The summed E-state index contributed by atoms with van der Waals surface area (Å²) in [6.07, 6.45) is 1.47. The molecule has 15 heavy (non-hydrogen) atoms. The highest BCUT2D eigenvalue weighted by molar-refractivity contribution is 5.58. The molecule has 2 rings (SSSR count). The first-order valence-electron chi connectivity index (χ1n) is 4.69. The van der Waals surface area contributed by atoms with Crippen molar-refractivity contribution >= 4 is 11.5 Å². The van der Waals surface area contributed by atoms with Crippen molar-refractivity contribution in [1.82, 2.24) is 9.78 Å². The van der Waals surface area contributed by atoms with Gasteiger partial charge in [-0.1, -0.05) is 0 Å². The normalized spacial score (nSPS) is 20.9. The van der Waals surface area contributed by atoms with E-state index >= 15 is 0 Å². The highest BCUT2D eigenvalue weighted by Gasteiger charge is 2.29. The lowest BCUT2D eigenvalue weighted by molar-refractivity contribution is -0.384. The Morgan fingerprint density at radius 1 is 1.73 bits per heavy atom. The van der Waals surface area contributed by atoms with Crippen molar-refractivity contribution in [1.29, 1.82) is 0 Å². The van der Waals surface area contributed by atoms with Crippen LogP contribution in [0.2, 0.25) is 0 Å². The summed E-state index contributed by atoms with van der Waals surface area (Å²) in [5.41, 5.74) is -0.00778. The van der Waals surface area contributed by atoms with Gasteiger partial charge in [-0.25, -0.2) is 4.68 Å². The van der Waals surface area contributed by atoms with E-state index < -0.39 is 11.0 Å². The quantitative estimate of drug-likeness (QED) is 0.546. The van der Waals surface area contributed by atoms with Crippen LogP contribution in [0.1, 0.15) is 6.42 Å². The fraction of sp³-hybridized carbons (Fsp3) is 0.625. The average molecular weight is 212 g/mol. The minimum atomic E-state index is -0.451. The van der Waals surface area contributed by atoms with Crippen molar-refractivity contribution in [2.75, 3.05) is 18.0 Å². The summed E-state index contributed by atoms with van der Waals surface area (Å²) < 4.78 is 1.47. The summed E-state index contributed by atoms with van der Waals surface area (Å²) >= 11 is 0. The van der Waals surface area contributed by atoms with Gasteiger partial charge in [-0.2, -0.15) is 5.10 Å². The molecule has 0 bridgehead atoms. The van der Waals surface area contributed by atoms with E-state index in [2.05, 4.69) is 5.10 Å². The largest absolute Gasteiger partial charge is 0.391 e. The summed E-state index contributed by atoms with van der Waals surface area (Å²) in [5, 5.41) is 24.0. The van der Waals surface area contributed by atoms with Crippen LogP contribution in [0, 0.1) is 10.1 Å². The van der Waals surface area contributed by atoms with E-state index in [1.807, 2.05) is 0 Å². The third-order valence-electron chi connectivity index (χ3n) is 2.55. The summed E-state index contributed by atoms with van der Waals surface area (Å²) in [5.74, 6) is 0.469. The molecule has 0 aliphatic carbocycles. The molecule has 7 nitrogen and oxygen atoms in total. The van der Waals surface area contributed by atoms with Crippen LogP contribution in [0.4, 0.5) is 11.5 Å².